The van der Waals surface area contributed by atoms with Crippen LogP contribution in [0, 0.1) is 10.1 Å². The highest BCUT2D eigenvalue weighted by atomic mass is 16.6. The molecule has 1 atom stereocenters. The fourth-order valence-corrected chi connectivity index (χ4v) is 1.83. The molecule has 0 spiro atoms. The molecule has 6 nitrogen and oxygen atoms in total. The van der Waals surface area contributed by atoms with Crippen LogP contribution in [-0.2, 0) is 0 Å². The second-order valence-corrected chi connectivity index (χ2v) is 4.07. The first-order chi connectivity index (χ1) is 8.25. The molecule has 0 radical (unpaired) electrons. The molecule has 1 aliphatic heterocycles. The number of nitro groups is 1. The van der Waals surface area contributed by atoms with Crippen LogP contribution in [0.4, 0.5) is 5.82 Å². The molecule has 0 amide bonds. The van der Waals surface area contributed by atoms with Crippen LogP contribution >= 0.6 is 0 Å². The van der Waals surface area contributed by atoms with Gasteiger partial charge in [0.25, 0.3) is 0 Å². The quantitative estimate of drug-likeness (QED) is 0.634. The average Bonchev–Trinajstić information content (AvgIpc) is 2.38. The van der Waals surface area contributed by atoms with Crippen molar-refractivity contribution in [3.8, 4) is 5.75 Å². The van der Waals surface area contributed by atoms with E-state index in [-0.39, 0.29) is 5.82 Å². The van der Waals surface area contributed by atoms with E-state index < -0.39 is 4.92 Å². The van der Waals surface area contributed by atoms with Gasteiger partial charge in [0.1, 0.15) is 6.61 Å². The number of nitrogens with zero attached hydrogens (tertiary/aromatic N) is 2. The van der Waals surface area contributed by atoms with Crippen molar-refractivity contribution in [2.24, 2.45) is 0 Å². The Kier molecular flexibility index (Phi) is 3.87. The maximum atomic E-state index is 10.4. The molecule has 1 aromatic heterocycles. The number of piperidine rings is 1. The summed E-state index contributed by atoms with van der Waals surface area (Å²) in [6, 6.07) is 3.30. The summed E-state index contributed by atoms with van der Waals surface area (Å²) in [4.78, 5) is 13.6. The molecule has 1 N–H and O–H groups in total. The van der Waals surface area contributed by atoms with E-state index in [1.807, 2.05) is 0 Å². The zero-order valence-corrected chi connectivity index (χ0v) is 9.46. The van der Waals surface area contributed by atoms with Crippen LogP contribution < -0.4 is 10.1 Å². The largest absolute Gasteiger partial charge is 0.488 e. The number of hydrogen-bond acceptors (Lipinski definition) is 5. The summed E-state index contributed by atoms with van der Waals surface area (Å²) in [5.41, 5.74) is 0. The van der Waals surface area contributed by atoms with Crippen LogP contribution in [0.15, 0.2) is 18.3 Å². The fraction of sp³-hybridized carbons (Fsp3) is 0.545. The molecular formula is C11H15N3O3. The standard InChI is InChI=1S/C11H15N3O3/c15-14(16)11-5-4-10(7-13-11)17-8-9-3-1-2-6-12-9/h4-5,7,9,12H,1-3,6,8H2. The molecule has 0 saturated carbocycles. The van der Waals surface area contributed by atoms with Crippen LogP contribution in [0.5, 0.6) is 5.75 Å². The van der Waals surface area contributed by atoms with E-state index in [9.17, 15) is 10.1 Å². The first-order valence-corrected chi connectivity index (χ1v) is 5.72. The summed E-state index contributed by atoms with van der Waals surface area (Å²) >= 11 is 0. The lowest BCUT2D eigenvalue weighted by Gasteiger charge is -2.23. The third-order valence-corrected chi connectivity index (χ3v) is 2.77. The van der Waals surface area contributed by atoms with E-state index in [1.165, 1.54) is 25.1 Å². The van der Waals surface area contributed by atoms with Crippen LogP contribution in [0.1, 0.15) is 19.3 Å². The molecule has 92 valence electrons. The minimum atomic E-state index is -0.521. The Hall–Kier alpha value is -1.69. The maximum Gasteiger partial charge on any atom is 0.363 e. The second-order valence-electron chi connectivity index (χ2n) is 4.07. The minimum Gasteiger partial charge on any atom is -0.488 e. The molecule has 0 bridgehead atoms. The van der Waals surface area contributed by atoms with Crippen molar-refractivity contribution in [3.05, 3.63) is 28.4 Å². The summed E-state index contributed by atoms with van der Waals surface area (Å²) in [6.45, 7) is 1.62. The molecular weight excluding hydrogens is 222 g/mol. The van der Waals surface area contributed by atoms with Crippen LogP contribution in [-0.4, -0.2) is 29.1 Å². The number of aromatic nitrogens is 1. The van der Waals surface area contributed by atoms with Crippen molar-refractivity contribution in [2.45, 2.75) is 25.3 Å². The zero-order chi connectivity index (χ0) is 12.1. The van der Waals surface area contributed by atoms with E-state index in [4.69, 9.17) is 4.74 Å². The van der Waals surface area contributed by atoms with Crippen LogP contribution in [0.3, 0.4) is 0 Å². The van der Waals surface area contributed by atoms with Gasteiger partial charge in [-0.05, 0) is 35.4 Å². The minimum absolute atomic E-state index is 0.159. The molecule has 1 unspecified atom stereocenters. The Balaban J connectivity index is 1.84. The molecule has 1 saturated heterocycles. The molecule has 0 aromatic carbocycles. The van der Waals surface area contributed by atoms with Gasteiger partial charge >= 0.3 is 5.82 Å². The highest BCUT2D eigenvalue weighted by molar-refractivity contribution is 5.26. The van der Waals surface area contributed by atoms with Crippen molar-refractivity contribution >= 4 is 5.82 Å². The van der Waals surface area contributed by atoms with Crippen molar-refractivity contribution in [3.63, 3.8) is 0 Å². The van der Waals surface area contributed by atoms with Gasteiger partial charge in [0.05, 0.1) is 0 Å². The number of ether oxygens (including phenoxy) is 1. The predicted octanol–water partition coefficient (Wildman–Crippen LogP) is 1.51. The second kappa shape index (κ2) is 5.58. The zero-order valence-electron chi connectivity index (χ0n) is 9.46. The summed E-state index contributed by atoms with van der Waals surface area (Å²) in [5, 5.41) is 13.8. The predicted molar refractivity (Wildman–Crippen MR) is 62.0 cm³/mol. The van der Waals surface area contributed by atoms with Gasteiger partial charge in [-0.2, -0.15) is 0 Å². The number of rotatable bonds is 4. The third kappa shape index (κ3) is 3.39. The lowest BCUT2D eigenvalue weighted by Crippen LogP contribution is -2.38. The highest BCUT2D eigenvalue weighted by Gasteiger charge is 2.13. The van der Waals surface area contributed by atoms with Gasteiger partial charge < -0.3 is 20.2 Å². The molecule has 2 heterocycles. The van der Waals surface area contributed by atoms with Gasteiger partial charge in [-0.15, -0.1) is 0 Å². The summed E-state index contributed by atoms with van der Waals surface area (Å²) in [5.74, 6) is 0.413. The van der Waals surface area contributed by atoms with Crippen molar-refractivity contribution in [2.75, 3.05) is 13.2 Å². The Morgan fingerprint density at radius 3 is 3.00 bits per heavy atom. The molecule has 6 heteroatoms. The molecule has 2 rings (SSSR count). The summed E-state index contributed by atoms with van der Waals surface area (Å²) < 4.78 is 5.53. The molecule has 1 aliphatic rings. The van der Waals surface area contributed by atoms with Gasteiger partial charge in [-0.25, -0.2) is 0 Å². The third-order valence-electron chi connectivity index (χ3n) is 2.77. The monoisotopic (exact) mass is 237 g/mol. The van der Waals surface area contributed by atoms with Crippen molar-refractivity contribution in [1.82, 2.24) is 10.3 Å². The number of pyridine rings is 1. The van der Waals surface area contributed by atoms with E-state index in [0.29, 0.717) is 18.4 Å². The number of nitrogens with one attached hydrogen (secondary N) is 1. The lowest BCUT2D eigenvalue weighted by atomic mass is 10.1. The smallest absolute Gasteiger partial charge is 0.363 e. The molecule has 1 fully saturated rings. The van der Waals surface area contributed by atoms with E-state index in [0.717, 1.165) is 13.0 Å². The van der Waals surface area contributed by atoms with Crippen LogP contribution in [0.25, 0.3) is 0 Å². The van der Waals surface area contributed by atoms with Gasteiger partial charge in [0.15, 0.2) is 11.9 Å². The van der Waals surface area contributed by atoms with Crippen molar-refractivity contribution in [1.29, 1.82) is 0 Å². The highest BCUT2D eigenvalue weighted by Crippen LogP contribution is 2.15. The molecule has 17 heavy (non-hydrogen) atoms. The van der Waals surface area contributed by atoms with Gasteiger partial charge in [-0.1, -0.05) is 6.42 Å². The Labute approximate surface area is 99.2 Å². The molecule has 1 aromatic rings. The van der Waals surface area contributed by atoms with E-state index >= 15 is 0 Å². The van der Waals surface area contributed by atoms with Gasteiger partial charge in [0, 0.05) is 12.1 Å². The SMILES string of the molecule is O=[N+]([O-])c1ccc(OCC2CCCCN2)cn1. The van der Waals surface area contributed by atoms with Gasteiger partial charge in [-0.3, -0.25) is 0 Å². The van der Waals surface area contributed by atoms with E-state index in [1.54, 1.807) is 6.07 Å². The van der Waals surface area contributed by atoms with Crippen molar-refractivity contribution < 1.29 is 9.66 Å². The normalized spacial score (nSPS) is 19.9. The topological polar surface area (TPSA) is 77.3 Å². The van der Waals surface area contributed by atoms with E-state index in [2.05, 4.69) is 10.3 Å². The Bertz CT molecular complexity index is 374. The average molecular weight is 237 g/mol. The summed E-state index contributed by atoms with van der Waals surface area (Å²) in [6.07, 6.45) is 4.94. The number of hydrogen-bond donors (Lipinski definition) is 1. The fourth-order valence-electron chi connectivity index (χ4n) is 1.83. The first-order valence-electron chi connectivity index (χ1n) is 5.72. The lowest BCUT2D eigenvalue weighted by molar-refractivity contribution is -0.389. The van der Waals surface area contributed by atoms with Crippen LogP contribution in [0.2, 0.25) is 0 Å². The maximum absolute atomic E-state index is 10.4. The summed E-state index contributed by atoms with van der Waals surface area (Å²) in [7, 11) is 0. The first kappa shape index (κ1) is 11.8. The van der Waals surface area contributed by atoms with Gasteiger partial charge in [0.2, 0.25) is 0 Å². The Morgan fingerprint density at radius 2 is 2.41 bits per heavy atom. The molecule has 0 aliphatic carbocycles. The Morgan fingerprint density at radius 1 is 1.53 bits per heavy atom.